The molecule has 0 unspecified atom stereocenters. The number of hydrogen-bond acceptors (Lipinski definition) is 3. The van der Waals surface area contributed by atoms with Crippen LogP contribution in [0.15, 0.2) is 35.3 Å². The average Bonchev–Trinajstić information content (AvgIpc) is 2.45. The van der Waals surface area contributed by atoms with Crippen molar-refractivity contribution in [3.05, 3.63) is 51.4 Å². The third-order valence-electron chi connectivity index (χ3n) is 2.83. The Balaban J connectivity index is 2.23. The molecule has 0 bridgehead atoms. The van der Waals surface area contributed by atoms with Gasteiger partial charge in [-0.3, -0.25) is 9.59 Å². The van der Waals surface area contributed by atoms with Gasteiger partial charge in [0, 0.05) is 23.3 Å². The van der Waals surface area contributed by atoms with Gasteiger partial charge in [-0.2, -0.15) is 0 Å². The minimum absolute atomic E-state index is 0.00774. The molecule has 2 N–H and O–H groups in total. The normalized spacial score (nSPS) is 10.7. The highest BCUT2D eigenvalue weighted by Gasteiger charge is 2.12. The Morgan fingerprint density at radius 1 is 1.33 bits per heavy atom. The number of amides is 1. The fourth-order valence-electron chi connectivity index (χ4n) is 1.70. The van der Waals surface area contributed by atoms with Crippen LogP contribution in [0.25, 0.3) is 11.4 Å². The number of H-pyrrole nitrogens is 1. The Morgan fingerprint density at radius 3 is 2.57 bits per heavy atom. The first-order valence-corrected chi connectivity index (χ1v) is 6.98. The van der Waals surface area contributed by atoms with E-state index in [9.17, 15) is 9.59 Å². The number of aromatic amines is 1. The van der Waals surface area contributed by atoms with Crippen LogP contribution in [0.2, 0.25) is 5.02 Å². The zero-order valence-corrected chi connectivity index (χ0v) is 12.6. The predicted octanol–water partition coefficient (Wildman–Crippen LogP) is 2.48. The van der Waals surface area contributed by atoms with Crippen LogP contribution in [0.1, 0.15) is 24.2 Å². The average molecular weight is 306 g/mol. The summed E-state index contributed by atoms with van der Waals surface area (Å²) in [6.07, 6.45) is 1.29. The van der Waals surface area contributed by atoms with Crippen LogP contribution >= 0.6 is 11.6 Å². The largest absolute Gasteiger partial charge is 0.352 e. The predicted molar refractivity (Wildman–Crippen MR) is 82.5 cm³/mol. The lowest BCUT2D eigenvalue weighted by Crippen LogP contribution is -2.32. The number of aromatic nitrogens is 2. The fourth-order valence-corrected chi connectivity index (χ4v) is 1.83. The number of rotatable bonds is 4. The molecule has 1 amide bonds. The number of hydrogen-bond donors (Lipinski definition) is 2. The molecule has 0 saturated carbocycles. The van der Waals surface area contributed by atoms with Gasteiger partial charge >= 0.3 is 0 Å². The minimum Gasteiger partial charge on any atom is -0.352 e. The molecule has 1 heterocycles. The maximum absolute atomic E-state index is 12.0. The van der Waals surface area contributed by atoms with E-state index >= 15 is 0 Å². The first-order valence-electron chi connectivity index (χ1n) is 6.61. The van der Waals surface area contributed by atoms with Gasteiger partial charge in [0.25, 0.3) is 11.5 Å². The molecule has 21 heavy (non-hydrogen) atoms. The lowest BCUT2D eigenvalue weighted by Gasteiger charge is -2.07. The van der Waals surface area contributed by atoms with Crippen molar-refractivity contribution < 1.29 is 4.79 Å². The molecular weight excluding hydrogens is 290 g/mol. The van der Waals surface area contributed by atoms with Crippen LogP contribution in [0.5, 0.6) is 0 Å². The zero-order chi connectivity index (χ0) is 15.4. The van der Waals surface area contributed by atoms with Crippen molar-refractivity contribution in [1.82, 2.24) is 15.3 Å². The van der Waals surface area contributed by atoms with Gasteiger partial charge in [0.15, 0.2) is 0 Å². The Hall–Kier alpha value is -2.14. The van der Waals surface area contributed by atoms with Crippen molar-refractivity contribution in [2.75, 3.05) is 6.54 Å². The number of carbonyl (C=O) groups is 1. The minimum atomic E-state index is -0.462. The molecule has 2 aromatic rings. The molecule has 6 heteroatoms. The summed E-state index contributed by atoms with van der Waals surface area (Å²) in [6.45, 7) is 4.47. The Labute approximate surface area is 127 Å². The fraction of sp³-hybridized carbons (Fsp3) is 0.267. The van der Waals surface area contributed by atoms with Crippen LogP contribution in [-0.4, -0.2) is 22.4 Å². The van der Waals surface area contributed by atoms with Crippen LogP contribution in [-0.2, 0) is 0 Å². The molecule has 5 nitrogen and oxygen atoms in total. The summed E-state index contributed by atoms with van der Waals surface area (Å²) in [6, 6.07) is 6.92. The summed E-state index contributed by atoms with van der Waals surface area (Å²) in [5.41, 5.74) is 0.273. The summed E-state index contributed by atoms with van der Waals surface area (Å²) >= 11 is 5.81. The second kappa shape index (κ2) is 6.54. The first kappa shape index (κ1) is 15.3. The maximum Gasteiger partial charge on any atom is 0.264 e. The summed E-state index contributed by atoms with van der Waals surface area (Å²) in [5.74, 6) is 0.298. The summed E-state index contributed by atoms with van der Waals surface area (Å²) in [5, 5.41) is 3.29. The van der Waals surface area contributed by atoms with Gasteiger partial charge in [-0.1, -0.05) is 25.4 Å². The number of nitrogens with one attached hydrogen (secondary N) is 2. The summed E-state index contributed by atoms with van der Waals surface area (Å²) in [7, 11) is 0. The van der Waals surface area contributed by atoms with E-state index in [2.05, 4.69) is 15.3 Å². The topological polar surface area (TPSA) is 74.8 Å². The van der Waals surface area contributed by atoms with Gasteiger partial charge in [0.05, 0.1) is 0 Å². The lowest BCUT2D eigenvalue weighted by molar-refractivity contribution is 0.0947. The molecule has 0 aliphatic carbocycles. The van der Waals surface area contributed by atoms with Gasteiger partial charge in [0.1, 0.15) is 11.4 Å². The highest BCUT2D eigenvalue weighted by molar-refractivity contribution is 6.30. The van der Waals surface area contributed by atoms with E-state index in [1.54, 1.807) is 24.3 Å². The molecular formula is C15H16ClN3O2. The SMILES string of the molecule is CC(C)CNC(=O)c1cnc(-c2ccc(Cl)cc2)[nH]c1=O. The van der Waals surface area contributed by atoms with E-state index in [0.29, 0.717) is 23.3 Å². The van der Waals surface area contributed by atoms with Crippen LogP contribution in [0.4, 0.5) is 0 Å². The van der Waals surface area contributed by atoms with E-state index in [1.807, 2.05) is 13.8 Å². The van der Waals surface area contributed by atoms with Gasteiger partial charge in [0.2, 0.25) is 0 Å². The Bertz CT molecular complexity index is 693. The second-order valence-electron chi connectivity index (χ2n) is 5.09. The van der Waals surface area contributed by atoms with Crippen LogP contribution in [0, 0.1) is 5.92 Å². The van der Waals surface area contributed by atoms with Crippen molar-refractivity contribution in [2.45, 2.75) is 13.8 Å². The zero-order valence-electron chi connectivity index (χ0n) is 11.8. The maximum atomic E-state index is 12.0. The smallest absolute Gasteiger partial charge is 0.264 e. The third kappa shape index (κ3) is 3.92. The summed E-state index contributed by atoms with van der Waals surface area (Å²) < 4.78 is 0. The lowest BCUT2D eigenvalue weighted by atomic mass is 10.2. The number of carbonyl (C=O) groups excluding carboxylic acids is 1. The van der Waals surface area contributed by atoms with Crippen molar-refractivity contribution in [2.24, 2.45) is 5.92 Å². The molecule has 0 radical (unpaired) electrons. The monoisotopic (exact) mass is 305 g/mol. The van der Waals surface area contributed by atoms with E-state index in [4.69, 9.17) is 11.6 Å². The molecule has 0 fully saturated rings. The number of halogens is 1. The molecule has 0 atom stereocenters. The van der Waals surface area contributed by atoms with Crippen molar-refractivity contribution >= 4 is 17.5 Å². The van der Waals surface area contributed by atoms with Crippen LogP contribution in [0.3, 0.4) is 0 Å². The number of benzene rings is 1. The molecule has 0 saturated heterocycles. The van der Waals surface area contributed by atoms with Gasteiger partial charge < -0.3 is 10.3 Å². The van der Waals surface area contributed by atoms with E-state index in [0.717, 1.165) is 5.56 Å². The quantitative estimate of drug-likeness (QED) is 0.911. The van der Waals surface area contributed by atoms with E-state index in [-0.39, 0.29) is 5.56 Å². The van der Waals surface area contributed by atoms with Crippen molar-refractivity contribution in [3.8, 4) is 11.4 Å². The number of nitrogens with zero attached hydrogens (tertiary/aromatic N) is 1. The molecule has 0 aliphatic heterocycles. The van der Waals surface area contributed by atoms with E-state index in [1.165, 1.54) is 6.20 Å². The standard InChI is InChI=1S/C15H16ClN3O2/c1-9(2)7-18-14(20)12-8-17-13(19-15(12)21)10-3-5-11(16)6-4-10/h3-6,8-9H,7H2,1-2H3,(H,18,20)(H,17,19,21). The highest BCUT2D eigenvalue weighted by Crippen LogP contribution is 2.16. The Morgan fingerprint density at radius 2 is 2.00 bits per heavy atom. The first-order chi connectivity index (χ1) is 9.97. The van der Waals surface area contributed by atoms with Crippen LogP contribution < -0.4 is 10.9 Å². The molecule has 1 aromatic carbocycles. The molecule has 0 spiro atoms. The third-order valence-corrected chi connectivity index (χ3v) is 3.08. The second-order valence-corrected chi connectivity index (χ2v) is 5.52. The summed E-state index contributed by atoms with van der Waals surface area (Å²) in [4.78, 5) is 30.6. The highest BCUT2D eigenvalue weighted by atomic mass is 35.5. The van der Waals surface area contributed by atoms with E-state index < -0.39 is 11.5 Å². The van der Waals surface area contributed by atoms with Crippen molar-refractivity contribution in [3.63, 3.8) is 0 Å². The molecule has 0 aliphatic rings. The van der Waals surface area contributed by atoms with Gasteiger partial charge in [-0.15, -0.1) is 0 Å². The van der Waals surface area contributed by atoms with Crippen molar-refractivity contribution in [1.29, 1.82) is 0 Å². The molecule has 1 aromatic heterocycles. The Kier molecular flexibility index (Phi) is 4.75. The molecule has 110 valence electrons. The van der Waals surface area contributed by atoms with Gasteiger partial charge in [-0.05, 0) is 30.2 Å². The molecule has 2 rings (SSSR count). The van der Waals surface area contributed by atoms with Gasteiger partial charge in [-0.25, -0.2) is 4.98 Å².